The standard InChI is InChI=1S/C20H20N2O3S2/c1-15-7-6-10-17(11-15)22(2)27(24,25)18-12-19(26-14-18)20(23)21-13-16-8-4-3-5-9-16/h3-12,14H,13H2,1-2H3,(H,21,23). The number of rotatable bonds is 6. The van der Waals surface area contributed by atoms with Crippen LogP contribution in [-0.2, 0) is 16.6 Å². The quantitative estimate of drug-likeness (QED) is 0.684. The van der Waals surface area contributed by atoms with Crippen molar-refractivity contribution in [2.24, 2.45) is 0 Å². The third kappa shape index (κ3) is 4.37. The van der Waals surface area contributed by atoms with Crippen LogP contribution in [-0.4, -0.2) is 21.4 Å². The monoisotopic (exact) mass is 400 g/mol. The molecule has 5 nitrogen and oxygen atoms in total. The Balaban J connectivity index is 1.74. The van der Waals surface area contributed by atoms with Crippen molar-refractivity contribution in [1.29, 1.82) is 0 Å². The van der Waals surface area contributed by atoms with Crippen LogP contribution in [0.25, 0.3) is 0 Å². The van der Waals surface area contributed by atoms with Gasteiger partial charge in [0, 0.05) is 19.0 Å². The highest BCUT2D eigenvalue weighted by molar-refractivity contribution is 7.93. The van der Waals surface area contributed by atoms with Crippen LogP contribution in [0.4, 0.5) is 5.69 Å². The van der Waals surface area contributed by atoms with E-state index in [9.17, 15) is 13.2 Å². The molecule has 0 unspecified atom stereocenters. The van der Waals surface area contributed by atoms with Gasteiger partial charge >= 0.3 is 0 Å². The number of nitrogens with one attached hydrogen (secondary N) is 1. The average molecular weight is 401 g/mol. The zero-order valence-corrected chi connectivity index (χ0v) is 16.7. The van der Waals surface area contributed by atoms with Gasteiger partial charge in [-0.15, -0.1) is 11.3 Å². The zero-order chi connectivity index (χ0) is 19.4. The average Bonchev–Trinajstić information content (AvgIpc) is 3.17. The Hall–Kier alpha value is -2.64. The van der Waals surface area contributed by atoms with Crippen LogP contribution in [0.15, 0.2) is 70.9 Å². The molecular formula is C20H20N2O3S2. The summed E-state index contributed by atoms with van der Waals surface area (Å²) in [5.74, 6) is -0.288. The molecule has 0 aliphatic heterocycles. The van der Waals surface area contributed by atoms with Gasteiger partial charge < -0.3 is 5.32 Å². The minimum absolute atomic E-state index is 0.112. The number of amides is 1. The Morgan fingerprint density at radius 3 is 2.52 bits per heavy atom. The van der Waals surface area contributed by atoms with E-state index in [4.69, 9.17) is 0 Å². The second kappa shape index (κ2) is 7.94. The summed E-state index contributed by atoms with van der Waals surface area (Å²) in [6, 6.07) is 18.2. The molecule has 1 N–H and O–H groups in total. The molecule has 0 aliphatic rings. The van der Waals surface area contributed by atoms with Gasteiger partial charge in [-0.1, -0.05) is 42.5 Å². The van der Waals surface area contributed by atoms with Gasteiger partial charge in [0.1, 0.15) is 0 Å². The summed E-state index contributed by atoms with van der Waals surface area (Å²) in [4.78, 5) is 12.8. The Bertz CT molecular complexity index is 1040. The van der Waals surface area contributed by atoms with Crippen molar-refractivity contribution in [1.82, 2.24) is 5.32 Å². The zero-order valence-electron chi connectivity index (χ0n) is 15.0. The molecule has 0 atom stereocenters. The molecule has 0 saturated heterocycles. The third-order valence-electron chi connectivity index (χ3n) is 4.12. The summed E-state index contributed by atoms with van der Waals surface area (Å²) in [5.41, 5.74) is 2.53. The lowest BCUT2D eigenvalue weighted by molar-refractivity contribution is 0.0955. The van der Waals surface area contributed by atoms with Crippen LogP contribution < -0.4 is 9.62 Å². The van der Waals surface area contributed by atoms with Gasteiger partial charge in [0.15, 0.2) is 0 Å². The molecule has 3 aromatic rings. The largest absolute Gasteiger partial charge is 0.347 e. The number of nitrogens with zero attached hydrogens (tertiary/aromatic N) is 1. The fraction of sp³-hybridized carbons (Fsp3) is 0.150. The van der Waals surface area contributed by atoms with Gasteiger partial charge in [-0.25, -0.2) is 8.42 Å². The maximum Gasteiger partial charge on any atom is 0.264 e. The Morgan fingerprint density at radius 1 is 1.07 bits per heavy atom. The second-order valence-corrected chi connectivity index (χ2v) is 9.01. The van der Waals surface area contributed by atoms with Crippen LogP contribution in [0.5, 0.6) is 0 Å². The van der Waals surface area contributed by atoms with E-state index in [1.165, 1.54) is 22.8 Å². The molecule has 1 amide bonds. The molecule has 0 spiro atoms. The van der Waals surface area contributed by atoms with E-state index in [0.717, 1.165) is 22.5 Å². The molecule has 27 heavy (non-hydrogen) atoms. The number of hydrogen-bond donors (Lipinski definition) is 1. The van der Waals surface area contributed by atoms with Gasteiger partial charge in [-0.2, -0.15) is 0 Å². The van der Waals surface area contributed by atoms with Crippen molar-refractivity contribution in [3.63, 3.8) is 0 Å². The number of anilines is 1. The van der Waals surface area contributed by atoms with Crippen molar-refractivity contribution >= 4 is 33.0 Å². The van der Waals surface area contributed by atoms with E-state index in [1.807, 2.05) is 49.4 Å². The van der Waals surface area contributed by atoms with Crippen LogP contribution in [0.3, 0.4) is 0 Å². The van der Waals surface area contributed by atoms with Gasteiger partial charge in [0.25, 0.3) is 15.9 Å². The molecule has 2 aromatic carbocycles. The summed E-state index contributed by atoms with van der Waals surface area (Å²) in [6.45, 7) is 2.30. The smallest absolute Gasteiger partial charge is 0.264 e. The summed E-state index contributed by atoms with van der Waals surface area (Å²) < 4.78 is 27.0. The van der Waals surface area contributed by atoms with Gasteiger partial charge in [0.2, 0.25) is 0 Å². The molecule has 7 heteroatoms. The Labute approximate surface area is 163 Å². The molecule has 0 fully saturated rings. The highest BCUT2D eigenvalue weighted by Gasteiger charge is 2.24. The van der Waals surface area contributed by atoms with Crippen molar-refractivity contribution < 1.29 is 13.2 Å². The molecule has 140 valence electrons. The number of hydrogen-bond acceptors (Lipinski definition) is 4. The highest BCUT2D eigenvalue weighted by Crippen LogP contribution is 2.26. The molecule has 1 aromatic heterocycles. The first kappa shape index (κ1) is 19.1. The van der Waals surface area contributed by atoms with E-state index in [0.29, 0.717) is 17.1 Å². The van der Waals surface area contributed by atoms with Crippen LogP contribution >= 0.6 is 11.3 Å². The van der Waals surface area contributed by atoms with Crippen LogP contribution in [0.1, 0.15) is 20.8 Å². The van der Waals surface area contributed by atoms with E-state index in [2.05, 4.69) is 5.32 Å². The summed E-state index contributed by atoms with van der Waals surface area (Å²) >= 11 is 1.12. The summed E-state index contributed by atoms with van der Waals surface area (Å²) in [5, 5.41) is 4.31. The fourth-order valence-corrected chi connectivity index (χ4v) is 4.92. The van der Waals surface area contributed by atoms with Gasteiger partial charge in [-0.3, -0.25) is 9.10 Å². The lowest BCUT2D eigenvalue weighted by Gasteiger charge is -2.19. The van der Waals surface area contributed by atoms with Crippen molar-refractivity contribution in [2.75, 3.05) is 11.4 Å². The lowest BCUT2D eigenvalue weighted by Crippen LogP contribution is -2.26. The van der Waals surface area contributed by atoms with E-state index in [-0.39, 0.29) is 10.8 Å². The van der Waals surface area contributed by atoms with Crippen molar-refractivity contribution in [3.05, 3.63) is 82.0 Å². The first-order chi connectivity index (χ1) is 12.9. The van der Waals surface area contributed by atoms with Gasteiger partial charge in [0.05, 0.1) is 15.5 Å². The predicted octanol–water partition coefficient (Wildman–Crippen LogP) is 3.81. The van der Waals surface area contributed by atoms with E-state index >= 15 is 0 Å². The SMILES string of the molecule is Cc1cccc(N(C)S(=O)(=O)c2csc(C(=O)NCc3ccccc3)c2)c1. The van der Waals surface area contributed by atoms with Crippen molar-refractivity contribution in [2.45, 2.75) is 18.4 Å². The first-order valence-corrected chi connectivity index (χ1v) is 10.7. The topological polar surface area (TPSA) is 66.5 Å². The number of aryl methyl sites for hydroxylation is 1. The molecule has 0 radical (unpaired) electrons. The molecule has 1 heterocycles. The van der Waals surface area contributed by atoms with Crippen molar-refractivity contribution in [3.8, 4) is 0 Å². The molecule has 3 rings (SSSR count). The maximum atomic E-state index is 12.9. The molecule has 0 aliphatic carbocycles. The van der Waals surface area contributed by atoms with E-state index in [1.54, 1.807) is 12.1 Å². The molecule has 0 saturated carbocycles. The second-order valence-electron chi connectivity index (χ2n) is 6.13. The minimum atomic E-state index is -3.72. The first-order valence-electron chi connectivity index (χ1n) is 8.34. The Kier molecular flexibility index (Phi) is 5.62. The van der Waals surface area contributed by atoms with Crippen LogP contribution in [0.2, 0.25) is 0 Å². The fourth-order valence-electron chi connectivity index (χ4n) is 2.56. The number of thiophene rings is 1. The number of sulfonamides is 1. The predicted molar refractivity (Wildman–Crippen MR) is 109 cm³/mol. The highest BCUT2D eigenvalue weighted by atomic mass is 32.2. The number of carbonyl (C=O) groups is 1. The summed E-state index contributed by atoms with van der Waals surface area (Å²) in [7, 11) is -2.21. The Morgan fingerprint density at radius 2 is 1.81 bits per heavy atom. The third-order valence-corrected chi connectivity index (χ3v) is 6.96. The minimum Gasteiger partial charge on any atom is -0.347 e. The number of carbonyl (C=O) groups excluding carboxylic acids is 1. The molecule has 0 bridgehead atoms. The van der Waals surface area contributed by atoms with Gasteiger partial charge in [-0.05, 0) is 36.2 Å². The molecular weight excluding hydrogens is 380 g/mol. The normalized spacial score (nSPS) is 11.2. The van der Waals surface area contributed by atoms with Crippen LogP contribution in [0, 0.1) is 6.92 Å². The lowest BCUT2D eigenvalue weighted by atomic mass is 10.2. The summed E-state index contributed by atoms with van der Waals surface area (Å²) in [6.07, 6.45) is 0. The number of benzene rings is 2. The van der Waals surface area contributed by atoms with E-state index < -0.39 is 10.0 Å². The maximum absolute atomic E-state index is 12.9.